The topological polar surface area (TPSA) is 86.6 Å². The summed E-state index contributed by atoms with van der Waals surface area (Å²) in [6, 6.07) is -0.798. The molecule has 1 aromatic rings. The van der Waals surface area contributed by atoms with Crippen molar-refractivity contribution < 1.29 is 19.1 Å². The summed E-state index contributed by atoms with van der Waals surface area (Å²) < 4.78 is 12.9. The highest BCUT2D eigenvalue weighted by Crippen LogP contribution is 2.41. The van der Waals surface area contributed by atoms with E-state index in [1.807, 2.05) is 4.90 Å². The number of aromatic nitrogens is 2. The van der Waals surface area contributed by atoms with Gasteiger partial charge >= 0.3 is 5.97 Å². The quantitative estimate of drug-likeness (QED) is 0.895. The monoisotopic (exact) mass is 336 g/mol. The third-order valence-electron chi connectivity index (χ3n) is 5.23. The van der Waals surface area contributed by atoms with Crippen molar-refractivity contribution in [1.82, 2.24) is 14.9 Å². The summed E-state index contributed by atoms with van der Waals surface area (Å²) in [5, 5.41) is 9.20. The first-order valence-electron chi connectivity index (χ1n) is 8.15. The Morgan fingerprint density at radius 3 is 2.50 bits per heavy atom. The van der Waals surface area contributed by atoms with E-state index in [0.29, 0.717) is 18.9 Å². The Morgan fingerprint density at radius 2 is 1.92 bits per heavy atom. The maximum atomic E-state index is 12.9. The average Bonchev–Trinajstić information content (AvgIpc) is 2.58. The molecule has 0 unspecified atom stereocenters. The van der Waals surface area contributed by atoms with E-state index in [1.54, 1.807) is 6.92 Å². The largest absolute Gasteiger partial charge is 0.480 e. The Labute approximate surface area is 139 Å². The van der Waals surface area contributed by atoms with Crippen molar-refractivity contribution in [2.24, 2.45) is 5.41 Å². The average molecular weight is 336 g/mol. The van der Waals surface area contributed by atoms with Crippen molar-refractivity contribution in [2.75, 3.05) is 24.5 Å². The zero-order chi connectivity index (χ0) is 17.3. The first kappa shape index (κ1) is 16.6. The Kier molecular flexibility index (Phi) is 4.38. The molecular weight excluding hydrogens is 315 g/mol. The van der Waals surface area contributed by atoms with E-state index in [1.165, 1.54) is 4.90 Å². The first-order chi connectivity index (χ1) is 11.4. The maximum Gasteiger partial charge on any atom is 0.326 e. The number of rotatable bonds is 3. The highest BCUT2D eigenvalue weighted by molar-refractivity contribution is 5.84. The van der Waals surface area contributed by atoms with Crippen LogP contribution in [0, 0.1) is 11.2 Å². The molecule has 3 rings (SSSR count). The van der Waals surface area contributed by atoms with Gasteiger partial charge in [-0.1, -0.05) is 0 Å². The lowest BCUT2D eigenvalue weighted by Crippen LogP contribution is -2.55. The van der Waals surface area contributed by atoms with Crippen LogP contribution in [0.25, 0.3) is 0 Å². The van der Waals surface area contributed by atoms with Crippen molar-refractivity contribution >= 4 is 17.8 Å². The second-order valence-electron chi connectivity index (χ2n) is 6.72. The summed E-state index contributed by atoms with van der Waals surface area (Å²) >= 11 is 0. The molecular formula is C16H21FN4O3. The summed E-state index contributed by atoms with van der Waals surface area (Å²) in [5.74, 6) is -1.01. The van der Waals surface area contributed by atoms with Crippen molar-refractivity contribution in [3.63, 3.8) is 0 Å². The number of likely N-dealkylation sites (tertiary alicyclic amines) is 1. The molecule has 0 aliphatic carbocycles. The standard InChI is InChI=1S/C16H21FN4O3/c1-11(14(23)24)21-10-16(3-2-13(21)22)4-6-20(7-5-16)15-18-8-12(17)9-19-15/h8-9,11H,2-7,10H2,1H3,(H,23,24)/t11-/m0/s1. The predicted molar refractivity (Wildman–Crippen MR) is 83.9 cm³/mol. The van der Waals surface area contributed by atoms with E-state index in [0.717, 1.165) is 44.7 Å². The molecule has 3 heterocycles. The van der Waals surface area contributed by atoms with E-state index in [2.05, 4.69) is 9.97 Å². The Hall–Kier alpha value is -2.25. The number of carbonyl (C=O) groups excluding carboxylic acids is 1. The van der Waals surface area contributed by atoms with Gasteiger partial charge in [0.05, 0.1) is 12.4 Å². The molecule has 0 aromatic carbocycles. The molecule has 1 N–H and O–H groups in total. The van der Waals surface area contributed by atoms with Crippen molar-refractivity contribution in [3.8, 4) is 0 Å². The van der Waals surface area contributed by atoms with Gasteiger partial charge in [-0.3, -0.25) is 4.79 Å². The number of carboxylic acid groups (broad SMARTS) is 1. The summed E-state index contributed by atoms with van der Waals surface area (Å²) in [5.41, 5.74) is -0.0475. The van der Waals surface area contributed by atoms with Gasteiger partial charge in [-0.2, -0.15) is 0 Å². The van der Waals surface area contributed by atoms with Crippen LogP contribution in [0.1, 0.15) is 32.6 Å². The van der Waals surface area contributed by atoms with E-state index >= 15 is 0 Å². The number of carboxylic acids is 1. The van der Waals surface area contributed by atoms with E-state index in [-0.39, 0.29) is 11.3 Å². The second kappa shape index (κ2) is 6.33. The van der Waals surface area contributed by atoms with Crippen LogP contribution in [-0.2, 0) is 9.59 Å². The third kappa shape index (κ3) is 3.18. The number of aliphatic carboxylic acids is 1. The summed E-state index contributed by atoms with van der Waals surface area (Å²) in [7, 11) is 0. The normalized spacial score (nSPS) is 21.8. The van der Waals surface area contributed by atoms with Gasteiger partial charge in [0.15, 0.2) is 5.82 Å². The zero-order valence-corrected chi connectivity index (χ0v) is 13.6. The highest BCUT2D eigenvalue weighted by Gasteiger charge is 2.43. The molecule has 2 saturated heterocycles. The molecule has 0 saturated carbocycles. The molecule has 8 heteroatoms. The van der Waals surface area contributed by atoms with Crippen molar-refractivity contribution in [1.29, 1.82) is 0 Å². The van der Waals surface area contributed by atoms with Gasteiger partial charge in [0.25, 0.3) is 0 Å². The third-order valence-corrected chi connectivity index (χ3v) is 5.23. The first-order valence-corrected chi connectivity index (χ1v) is 8.15. The fourth-order valence-electron chi connectivity index (χ4n) is 3.59. The molecule has 1 aromatic heterocycles. The number of piperidine rings is 2. The fraction of sp³-hybridized carbons (Fsp3) is 0.625. The van der Waals surface area contributed by atoms with Gasteiger partial charge < -0.3 is 14.9 Å². The molecule has 1 atom stereocenters. The van der Waals surface area contributed by atoms with E-state index in [4.69, 9.17) is 0 Å². The molecule has 2 aliphatic rings. The van der Waals surface area contributed by atoms with Gasteiger partial charge in [-0.15, -0.1) is 0 Å². The molecule has 2 fully saturated rings. The van der Waals surface area contributed by atoms with E-state index in [9.17, 15) is 19.1 Å². The van der Waals surface area contributed by atoms with Crippen LogP contribution in [-0.4, -0.2) is 57.5 Å². The summed E-state index contributed by atoms with van der Waals surface area (Å²) in [6.45, 7) is 3.47. The zero-order valence-electron chi connectivity index (χ0n) is 13.6. The minimum Gasteiger partial charge on any atom is -0.480 e. The molecule has 24 heavy (non-hydrogen) atoms. The Bertz CT molecular complexity index is 629. The Morgan fingerprint density at radius 1 is 1.29 bits per heavy atom. The SMILES string of the molecule is C[C@@H](C(=O)O)N1CC2(CCC1=O)CCN(c1ncc(F)cn1)CC2. The van der Waals surface area contributed by atoms with Gasteiger partial charge in [-0.25, -0.2) is 19.2 Å². The predicted octanol–water partition coefficient (Wildman–Crippen LogP) is 1.30. The minimum atomic E-state index is -0.974. The Balaban J connectivity index is 1.67. The number of hydrogen-bond donors (Lipinski definition) is 1. The number of halogens is 1. The summed E-state index contributed by atoms with van der Waals surface area (Å²) in [4.78, 5) is 34.8. The van der Waals surface area contributed by atoms with Gasteiger partial charge in [0.2, 0.25) is 11.9 Å². The van der Waals surface area contributed by atoms with Gasteiger partial charge in [-0.05, 0) is 31.6 Å². The molecule has 1 amide bonds. The lowest BCUT2D eigenvalue weighted by atomic mass is 9.72. The second-order valence-corrected chi connectivity index (χ2v) is 6.72. The van der Waals surface area contributed by atoms with Gasteiger partial charge in [0.1, 0.15) is 6.04 Å². The number of hydrogen-bond acceptors (Lipinski definition) is 5. The number of anilines is 1. The molecule has 0 radical (unpaired) electrons. The lowest BCUT2D eigenvalue weighted by molar-refractivity contribution is -0.154. The van der Waals surface area contributed by atoms with E-state index < -0.39 is 17.8 Å². The van der Waals surface area contributed by atoms with Crippen LogP contribution in [0.5, 0.6) is 0 Å². The van der Waals surface area contributed by atoms with Crippen molar-refractivity contribution in [3.05, 3.63) is 18.2 Å². The molecule has 7 nitrogen and oxygen atoms in total. The molecule has 2 aliphatic heterocycles. The molecule has 130 valence electrons. The highest BCUT2D eigenvalue weighted by atomic mass is 19.1. The van der Waals surface area contributed by atoms with Crippen LogP contribution in [0.3, 0.4) is 0 Å². The fourth-order valence-corrected chi connectivity index (χ4v) is 3.59. The lowest BCUT2D eigenvalue weighted by Gasteiger charge is -2.48. The molecule has 0 bridgehead atoms. The minimum absolute atomic E-state index is 0.0475. The maximum absolute atomic E-state index is 12.9. The van der Waals surface area contributed by atoms with Crippen LogP contribution < -0.4 is 4.90 Å². The molecule has 1 spiro atoms. The van der Waals surface area contributed by atoms with Crippen molar-refractivity contribution in [2.45, 2.75) is 38.6 Å². The van der Waals surface area contributed by atoms with Crippen LogP contribution in [0.2, 0.25) is 0 Å². The number of nitrogens with zero attached hydrogens (tertiary/aromatic N) is 4. The van der Waals surface area contributed by atoms with Crippen LogP contribution in [0.15, 0.2) is 12.4 Å². The van der Waals surface area contributed by atoms with Crippen LogP contribution >= 0.6 is 0 Å². The smallest absolute Gasteiger partial charge is 0.326 e. The van der Waals surface area contributed by atoms with Gasteiger partial charge in [0, 0.05) is 26.1 Å². The van der Waals surface area contributed by atoms with Crippen LogP contribution in [0.4, 0.5) is 10.3 Å². The number of carbonyl (C=O) groups is 2. The summed E-state index contributed by atoms with van der Waals surface area (Å²) in [6.07, 6.45) is 5.16. The number of amides is 1.